The first-order chi connectivity index (χ1) is 34.7. The molecular formula is C67H44N2S. The molecule has 1 aliphatic rings. The van der Waals surface area contributed by atoms with Crippen molar-refractivity contribution in [3.8, 4) is 39.1 Å². The first-order valence-corrected chi connectivity index (χ1v) is 24.9. The number of aromatic nitrogens is 1. The van der Waals surface area contributed by atoms with Crippen LogP contribution in [0.5, 0.6) is 0 Å². The molecule has 13 aromatic rings. The number of rotatable bonds is 8. The quantitative estimate of drug-likeness (QED) is 0.147. The number of anilines is 3. The molecule has 11 aromatic carbocycles. The molecule has 0 saturated carbocycles. The number of para-hydroxylation sites is 2. The molecule has 0 saturated heterocycles. The van der Waals surface area contributed by atoms with Crippen LogP contribution in [0.1, 0.15) is 22.3 Å². The highest BCUT2D eigenvalue weighted by molar-refractivity contribution is 7.25. The Bertz CT molecular complexity index is 4020. The van der Waals surface area contributed by atoms with E-state index in [2.05, 4.69) is 276 Å². The maximum atomic E-state index is 2.48. The summed E-state index contributed by atoms with van der Waals surface area (Å²) in [6.45, 7) is 0. The molecule has 1 aliphatic carbocycles. The smallest absolute Gasteiger partial charge is 0.0714 e. The predicted molar refractivity (Wildman–Crippen MR) is 297 cm³/mol. The van der Waals surface area contributed by atoms with E-state index in [4.69, 9.17) is 0 Å². The Morgan fingerprint density at radius 2 is 0.886 bits per heavy atom. The van der Waals surface area contributed by atoms with Gasteiger partial charge >= 0.3 is 0 Å². The lowest BCUT2D eigenvalue weighted by Gasteiger charge is -2.34. The molecule has 0 aliphatic heterocycles. The molecular weight excluding hydrogens is 865 g/mol. The molecule has 2 heterocycles. The molecule has 0 fully saturated rings. The number of fused-ring (bicyclic) bond motifs is 9. The molecule has 0 amide bonds. The van der Waals surface area contributed by atoms with Crippen molar-refractivity contribution >= 4 is 70.4 Å². The third-order valence-electron chi connectivity index (χ3n) is 14.7. The van der Waals surface area contributed by atoms with Crippen molar-refractivity contribution in [2.45, 2.75) is 5.41 Å². The van der Waals surface area contributed by atoms with Crippen molar-refractivity contribution in [1.82, 2.24) is 4.57 Å². The third kappa shape index (κ3) is 6.12. The minimum Gasteiger partial charge on any atom is -0.310 e. The molecule has 2 aromatic heterocycles. The van der Waals surface area contributed by atoms with Crippen LogP contribution in [0.25, 0.3) is 81.0 Å². The predicted octanol–water partition coefficient (Wildman–Crippen LogP) is 18.3. The molecule has 0 unspecified atom stereocenters. The van der Waals surface area contributed by atoms with Gasteiger partial charge in [0.1, 0.15) is 0 Å². The average Bonchev–Trinajstić information content (AvgIpc) is 4.09. The van der Waals surface area contributed by atoms with Gasteiger partial charge in [-0.05, 0) is 117 Å². The normalized spacial score (nSPS) is 12.7. The highest BCUT2D eigenvalue weighted by Crippen LogP contribution is 2.59. The number of hydrogen-bond donors (Lipinski definition) is 0. The van der Waals surface area contributed by atoms with E-state index in [1.54, 1.807) is 0 Å². The summed E-state index contributed by atoms with van der Waals surface area (Å²) in [5.41, 5.74) is 18.7. The lowest BCUT2D eigenvalue weighted by atomic mass is 9.68. The summed E-state index contributed by atoms with van der Waals surface area (Å²) >= 11 is 1.87. The Kier molecular flexibility index (Phi) is 9.33. The second-order valence-corrected chi connectivity index (χ2v) is 19.4. The average molecular weight is 909 g/mol. The fourth-order valence-corrected chi connectivity index (χ4v) is 12.9. The first-order valence-electron chi connectivity index (χ1n) is 24.1. The minimum atomic E-state index is -0.521. The van der Waals surface area contributed by atoms with Crippen LogP contribution in [0.15, 0.2) is 267 Å². The Morgan fingerprint density at radius 1 is 0.357 bits per heavy atom. The second kappa shape index (κ2) is 16.2. The zero-order valence-electron chi connectivity index (χ0n) is 38.2. The van der Waals surface area contributed by atoms with E-state index in [0.29, 0.717) is 0 Å². The van der Waals surface area contributed by atoms with Gasteiger partial charge in [-0.15, -0.1) is 11.3 Å². The van der Waals surface area contributed by atoms with E-state index in [0.717, 1.165) is 28.3 Å². The summed E-state index contributed by atoms with van der Waals surface area (Å²) in [5.74, 6) is 0. The Balaban J connectivity index is 0.946. The van der Waals surface area contributed by atoms with Gasteiger partial charge in [-0.25, -0.2) is 0 Å². The zero-order valence-corrected chi connectivity index (χ0v) is 39.0. The van der Waals surface area contributed by atoms with Gasteiger partial charge in [-0.1, -0.05) is 200 Å². The van der Waals surface area contributed by atoms with Crippen LogP contribution < -0.4 is 4.90 Å². The molecule has 0 radical (unpaired) electrons. The fraction of sp³-hybridized carbons (Fsp3) is 0.0149. The number of thiophene rings is 1. The van der Waals surface area contributed by atoms with Crippen LogP contribution in [0, 0.1) is 0 Å². The molecule has 2 nitrogen and oxygen atoms in total. The number of hydrogen-bond acceptors (Lipinski definition) is 2. The van der Waals surface area contributed by atoms with E-state index in [1.807, 2.05) is 11.3 Å². The number of nitrogens with zero attached hydrogens (tertiary/aromatic N) is 2. The largest absolute Gasteiger partial charge is 0.310 e. The van der Waals surface area contributed by atoms with Crippen LogP contribution >= 0.6 is 11.3 Å². The lowest BCUT2D eigenvalue weighted by Crippen LogP contribution is -2.28. The van der Waals surface area contributed by atoms with Crippen molar-refractivity contribution in [2.75, 3.05) is 4.90 Å². The Hall–Kier alpha value is -8.76. The maximum absolute atomic E-state index is 2.48. The van der Waals surface area contributed by atoms with Gasteiger partial charge in [0, 0.05) is 53.6 Å². The van der Waals surface area contributed by atoms with Crippen molar-refractivity contribution in [3.63, 3.8) is 0 Å². The standard InChI is InChI=1S/C67H44N2S/c1-3-19-48(20-4-1)67(49-21-5-2-6-22-49)58-29-11-7-26-56(58)66-59(67)30-17-33-62(66)68(51-42-38-46(39-43-51)53-28-16-35-64-65(53)57-27-10-14-34-63(57)70-64)50-40-36-45(37-41-50)47-18-15-23-52(44-47)69-60-31-12-8-24-54(60)55-25-9-13-32-61(55)69/h1-44H. The van der Waals surface area contributed by atoms with Crippen molar-refractivity contribution in [1.29, 1.82) is 0 Å². The van der Waals surface area contributed by atoms with E-state index in [9.17, 15) is 0 Å². The molecule has 328 valence electrons. The van der Waals surface area contributed by atoms with Gasteiger partial charge in [-0.3, -0.25) is 0 Å². The SMILES string of the molecule is c1ccc(C2(c3ccccc3)c3ccccc3-c3c(N(c4ccc(-c5cccc(-n6c7ccccc7c7ccccc76)c5)cc4)c4ccc(-c5cccc6sc7ccccc7c56)cc4)cccc32)cc1. The van der Waals surface area contributed by atoms with Crippen molar-refractivity contribution in [3.05, 3.63) is 289 Å². The van der Waals surface area contributed by atoms with Crippen LogP contribution in [-0.2, 0) is 5.41 Å². The topological polar surface area (TPSA) is 8.17 Å². The van der Waals surface area contributed by atoms with Gasteiger partial charge in [0.25, 0.3) is 0 Å². The van der Waals surface area contributed by atoms with E-state index < -0.39 is 5.41 Å². The van der Waals surface area contributed by atoms with E-state index in [-0.39, 0.29) is 0 Å². The van der Waals surface area contributed by atoms with E-state index >= 15 is 0 Å². The summed E-state index contributed by atoms with van der Waals surface area (Å²) in [7, 11) is 0. The Labute approximate surface area is 411 Å². The third-order valence-corrected chi connectivity index (χ3v) is 15.8. The second-order valence-electron chi connectivity index (χ2n) is 18.4. The zero-order chi connectivity index (χ0) is 46.2. The Morgan fingerprint density at radius 3 is 1.59 bits per heavy atom. The molecule has 0 atom stereocenters. The van der Waals surface area contributed by atoms with Gasteiger partial charge in [0.2, 0.25) is 0 Å². The fourth-order valence-electron chi connectivity index (χ4n) is 11.7. The van der Waals surface area contributed by atoms with Crippen LogP contribution in [-0.4, -0.2) is 4.57 Å². The maximum Gasteiger partial charge on any atom is 0.0714 e. The molecule has 14 rings (SSSR count). The summed E-state index contributed by atoms with van der Waals surface area (Å²) < 4.78 is 5.02. The minimum absolute atomic E-state index is 0.521. The molecule has 0 bridgehead atoms. The van der Waals surface area contributed by atoms with Crippen molar-refractivity contribution < 1.29 is 0 Å². The van der Waals surface area contributed by atoms with Gasteiger partial charge in [0.15, 0.2) is 0 Å². The lowest BCUT2D eigenvalue weighted by molar-refractivity contribution is 0.768. The highest BCUT2D eigenvalue weighted by atomic mass is 32.1. The highest BCUT2D eigenvalue weighted by Gasteiger charge is 2.47. The molecule has 0 spiro atoms. The van der Waals surface area contributed by atoms with Crippen LogP contribution in [0.4, 0.5) is 17.1 Å². The molecule has 3 heteroatoms. The summed E-state index contributed by atoms with van der Waals surface area (Å²) in [6.07, 6.45) is 0. The van der Waals surface area contributed by atoms with Crippen LogP contribution in [0.3, 0.4) is 0 Å². The molecule has 0 N–H and O–H groups in total. The summed E-state index contributed by atoms with van der Waals surface area (Å²) in [6, 6.07) is 98.5. The summed E-state index contributed by atoms with van der Waals surface area (Å²) in [4.78, 5) is 2.48. The monoisotopic (exact) mass is 908 g/mol. The van der Waals surface area contributed by atoms with E-state index in [1.165, 1.54) is 92.0 Å². The first kappa shape index (κ1) is 40.3. The summed E-state index contributed by atoms with van der Waals surface area (Å²) in [5, 5.41) is 5.15. The number of benzene rings is 11. The van der Waals surface area contributed by atoms with Gasteiger partial charge < -0.3 is 9.47 Å². The van der Waals surface area contributed by atoms with Crippen molar-refractivity contribution in [2.24, 2.45) is 0 Å². The van der Waals surface area contributed by atoms with Gasteiger partial charge in [-0.2, -0.15) is 0 Å². The van der Waals surface area contributed by atoms with Crippen LogP contribution in [0.2, 0.25) is 0 Å². The van der Waals surface area contributed by atoms with Gasteiger partial charge in [0.05, 0.1) is 22.1 Å². The molecule has 70 heavy (non-hydrogen) atoms.